The highest BCUT2D eigenvalue weighted by Crippen LogP contribution is 2.37. The Bertz CT molecular complexity index is 368. The van der Waals surface area contributed by atoms with Crippen molar-refractivity contribution in [1.82, 2.24) is 15.0 Å². The minimum Gasteiger partial charge on any atom is -0.481 e. The first-order chi connectivity index (χ1) is 7.08. The van der Waals surface area contributed by atoms with Gasteiger partial charge in [-0.1, -0.05) is 5.21 Å². The van der Waals surface area contributed by atoms with Gasteiger partial charge in [0.1, 0.15) is 0 Å². The summed E-state index contributed by atoms with van der Waals surface area (Å²) in [5.41, 5.74) is 6.40. The molecule has 1 atom stereocenters. The lowest BCUT2D eigenvalue weighted by Crippen LogP contribution is -2.32. The first-order valence-corrected chi connectivity index (χ1v) is 4.98. The standard InChI is InChI=1S/C9H14N4O2/c1-5(10)8-4-13(12-11-8)7-2-6(3-7)9(14)15/h4-7H,2-3,10H2,1H3,(H,14,15). The molecule has 2 rings (SSSR count). The Morgan fingerprint density at radius 1 is 1.73 bits per heavy atom. The van der Waals surface area contributed by atoms with Crippen LogP contribution in [0.2, 0.25) is 0 Å². The Morgan fingerprint density at radius 2 is 2.40 bits per heavy atom. The molecule has 6 heteroatoms. The van der Waals surface area contributed by atoms with Crippen molar-refractivity contribution in [3.63, 3.8) is 0 Å². The number of hydrogen-bond donors (Lipinski definition) is 2. The van der Waals surface area contributed by atoms with E-state index in [0.29, 0.717) is 12.8 Å². The number of carboxylic acids is 1. The van der Waals surface area contributed by atoms with Crippen LogP contribution < -0.4 is 5.73 Å². The molecule has 1 heterocycles. The molecular weight excluding hydrogens is 196 g/mol. The number of aliphatic carboxylic acids is 1. The minimum atomic E-state index is -0.723. The second kappa shape index (κ2) is 3.62. The molecule has 0 radical (unpaired) electrons. The van der Waals surface area contributed by atoms with Crippen molar-refractivity contribution in [2.45, 2.75) is 31.8 Å². The molecule has 15 heavy (non-hydrogen) atoms. The van der Waals surface area contributed by atoms with E-state index in [1.165, 1.54) is 0 Å². The van der Waals surface area contributed by atoms with Gasteiger partial charge in [0.25, 0.3) is 0 Å². The van der Waals surface area contributed by atoms with E-state index in [2.05, 4.69) is 10.3 Å². The summed E-state index contributed by atoms with van der Waals surface area (Å²) < 4.78 is 1.72. The number of nitrogens with two attached hydrogens (primary N) is 1. The highest BCUT2D eigenvalue weighted by Gasteiger charge is 2.36. The van der Waals surface area contributed by atoms with Crippen molar-refractivity contribution in [1.29, 1.82) is 0 Å². The molecule has 0 aliphatic heterocycles. The highest BCUT2D eigenvalue weighted by atomic mass is 16.4. The Labute approximate surface area is 87.1 Å². The topological polar surface area (TPSA) is 94.0 Å². The molecule has 1 aliphatic rings. The molecule has 3 N–H and O–H groups in total. The van der Waals surface area contributed by atoms with E-state index < -0.39 is 5.97 Å². The summed E-state index contributed by atoms with van der Waals surface area (Å²) in [6, 6.07) is 0.0418. The molecule has 0 spiro atoms. The summed E-state index contributed by atoms with van der Waals surface area (Å²) in [5, 5.41) is 16.6. The third kappa shape index (κ3) is 1.85. The fraction of sp³-hybridized carbons (Fsp3) is 0.667. The van der Waals surface area contributed by atoms with Gasteiger partial charge in [-0.15, -0.1) is 5.10 Å². The van der Waals surface area contributed by atoms with E-state index in [0.717, 1.165) is 5.69 Å². The normalized spacial score (nSPS) is 27.1. The third-order valence-electron chi connectivity index (χ3n) is 2.83. The molecule has 1 aromatic rings. The number of carboxylic acid groups (broad SMARTS) is 1. The smallest absolute Gasteiger partial charge is 0.306 e. The van der Waals surface area contributed by atoms with E-state index in [1.807, 2.05) is 6.92 Å². The first-order valence-electron chi connectivity index (χ1n) is 4.98. The molecule has 1 aliphatic carbocycles. The van der Waals surface area contributed by atoms with Gasteiger partial charge in [-0.25, -0.2) is 4.68 Å². The van der Waals surface area contributed by atoms with E-state index in [9.17, 15) is 4.79 Å². The van der Waals surface area contributed by atoms with Crippen molar-refractivity contribution in [3.8, 4) is 0 Å². The van der Waals surface area contributed by atoms with Gasteiger partial charge in [0.15, 0.2) is 0 Å². The van der Waals surface area contributed by atoms with E-state index in [1.54, 1.807) is 10.9 Å². The van der Waals surface area contributed by atoms with Crippen LogP contribution >= 0.6 is 0 Å². The van der Waals surface area contributed by atoms with Crippen LogP contribution in [0.15, 0.2) is 6.20 Å². The third-order valence-corrected chi connectivity index (χ3v) is 2.83. The van der Waals surface area contributed by atoms with E-state index in [4.69, 9.17) is 10.8 Å². The summed E-state index contributed by atoms with van der Waals surface area (Å²) >= 11 is 0. The van der Waals surface area contributed by atoms with Crippen LogP contribution in [0.3, 0.4) is 0 Å². The Kier molecular flexibility index (Phi) is 2.44. The molecule has 1 unspecified atom stereocenters. The van der Waals surface area contributed by atoms with Gasteiger partial charge >= 0.3 is 5.97 Å². The second-order valence-corrected chi connectivity index (χ2v) is 4.07. The molecule has 0 saturated heterocycles. The van der Waals surface area contributed by atoms with Crippen molar-refractivity contribution in [3.05, 3.63) is 11.9 Å². The number of carbonyl (C=O) groups is 1. The fourth-order valence-corrected chi connectivity index (χ4v) is 1.68. The number of hydrogen-bond acceptors (Lipinski definition) is 4. The Hall–Kier alpha value is -1.43. The zero-order valence-corrected chi connectivity index (χ0v) is 8.50. The number of nitrogens with zero attached hydrogens (tertiary/aromatic N) is 3. The second-order valence-electron chi connectivity index (χ2n) is 4.07. The number of rotatable bonds is 3. The summed E-state index contributed by atoms with van der Waals surface area (Å²) in [5.74, 6) is -0.947. The lowest BCUT2D eigenvalue weighted by molar-refractivity contribution is -0.146. The van der Waals surface area contributed by atoms with Crippen LogP contribution in [0, 0.1) is 5.92 Å². The van der Waals surface area contributed by atoms with Crippen LogP contribution in [0.1, 0.15) is 37.5 Å². The molecular formula is C9H14N4O2. The van der Waals surface area contributed by atoms with Gasteiger partial charge in [0, 0.05) is 6.04 Å². The molecule has 1 saturated carbocycles. The summed E-state index contributed by atoms with van der Waals surface area (Å²) in [4.78, 5) is 10.6. The van der Waals surface area contributed by atoms with Gasteiger partial charge < -0.3 is 10.8 Å². The lowest BCUT2D eigenvalue weighted by atomic mass is 9.80. The van der Waals surface area contributed by atoms with Gasteiger partial charge in [-0.2, -0.15) is 0 Å². The highest BCUT2D eigenvalue weighted by molar-refractivity contribution is 5.71. The van der Waals surface area contributed by atoms with Gasteiger partial charge in [0.2, 0.25) is 0 Å². The monoisotopic (exact) mass is 210 g/mol. The van der Waals surface area contributed by atoms with Crippen LogP contribution in [-0.2, 0) is 4.79 Å². The fourth-order valence-electron chi connectivity index (χ4n) is 1.68. The van der Waals surface area contributed by atoms with Gasteiger partial charge in [-0.3, -0.25) is 4.79 Å². The lowest BCUT2D eigenvalue weighted by Gasteiger charge is -2.31. The van der Waals surface area contributed by atoms with Gasteiger partial charge in [-0.05, 0) is 19.8 Å². The summed E-state index contributed by atoms with van der Waals surface area (Å²) in [6.45, 7) is 1.84. The summed E-state index contributed by atoms with van der Waals surface area (Å²) in [7, 11) is 0. The molecule has 0 amide bonds. The van der Waals surface area contributed by atoms with Crippen molar-refractivity contribution in [2.75, 3.05) is 0 Å². The Morgan fingerprint density at radius 3 is 2.87 bits per heavy atom. The molecule has 1 fully saturated rings. The molecule has 1 aromatic heterocycles. The van der Waals surface area contributed by atoms with E-state index >= 15 is 0 Å². The maximum atomic E-state index is 10.6. The predicted octanol–water partition coefficient (Wildman–Crippen LogP) is 0.333. The van der Waals surface area contributed by atoms with Crippen LogP contribution in [0.25, 0.3) is 0 Å². The largest absolute Gasteiger partial charge is 0.481 e. The molecule has 6 nitrogen and oxygen atoms in total. The average molecular weight is 210 g/mol. The predicted molar refractivity (Wildman–Crippen MR) is 52.0 cm³/mol. The van der Waals surface area contributed by atoms with Gasteiger partial charge in [0.05, 0.1) is 23.9 Å². The van der Waals surface area contributed by atoms with Crippen LogP contribution in [0.4, 0.5) is 0 Å². The molecule has 82 valence electrons. The average Bonchev–Trinajstić information content (AvgIpc) is 2.49. The van der Waals surface area contributed by atoms with Crippen LogP contribution in [0.5, 0.6) is 0 Å². The zero-order chi connectivity index (χ0) is 11.0. The SMILES string of the molecule is CC(N)c1cn(C2CC(C(=O)O)C2)nn1. The maximum absolute atomic E-state index is 10.6. The zero-order valence-electron chi connectivity index (χ0n) is 8.50. The van der Waals surface area contributed by atoms with Crippen molar-refractivity contribution in [2.24, 2.45) is 11.7 Å². The molecule has 0 aromatic carbocycles. The Balaban J connectivity index is 1.98. The molecule has 0 bridgehead atoms. The summed E-state index contributed by atoms with van der Waals surface area (Å²) in [6.07, 6.45) is 3.07. The maximum Gasteiger partial charge on any atom is 0.306 e. The van der Waals surface area contributed by atoms with Crippen molar-refractivity contribution < 1.29 is 9.90 Å². The van der Waals surface area contributed by atoms with Crippen LogP contribution in [-0.4, -0.2) is 26.1 Å². The number of aromatic nitrogens is 3. The minimum absolute atomic E-state index is 0.130. The quantitative estimate of drug-likeness (QED) is 0.749. The van der Waals surface area contributed by atoms with Crippen molar-refractivity contribution >= 4 is 5.97 Å². The first kappa shape index (κ1) is 10.1. The van der Waals surface area contributed by atoms with E-state index in [-0.39, 0.29) is 18.0 Å².